The van der Waals surface area contributed by atoms with Gasteiger partial charge >= 0.3 is 0 Å². The quantitative estimate of drug-likeness (QED) is 0.570. The van der Waals surface area contributed by atoms with Gasteiger partial charge in [-0.05, 0) is 38.3 Å². The molecular weight excluding hydrogens is 416 g/mol. The van der Waals surface area contributed by atoms with E-state index in [0.29, 0.717) is 18.3 Å². The van der Waals surface area contributed by atoms with Crippen molar-refractivity contribution in [2.45, 2.75) is 57.2 Å². The monoisotopic (exact) mass is 442 g/mol. The van der Waals surface area contributed by atoms with E-state index in [1.165, 1.54) is 11.9 Å². The molecule has 2 saturated heterocycles. The Bertz CT molecular complexity index is 918. The van der Waals surface area contributed by atoms with Gasteiger partial charge in [0.1, 0.15) is 24.2 Å². The number of fused-ring (bicyclic) bond motifs is 1. The van der Waals surface area contributed by atoms with Crippen molar-refractivity contribution in [1.82, 2.24) is 20.7 Å². The van der Waals surface area contributed by atoms with Crippen LogP contribution in [-0.4, -0.2) is 70.4 Å². The van der Waals surface area contributed by atoms with Gasteiger partial charge in [0.25, 0.3) is 11.8 Å². The van der Waals surface area contributed by atoms with E-state index in [-0.39, 0.29) is 43.9 Å². The van der Waals surface area contributed by atoms with E-state index in [0.717, 1.165) is 5.01 Å². The van der Waals surface area contributed by atoms with E-state index in [2.05, 4.69) is 10.6 Å². The van der Waals surface area contributed by atoms with Gasteiger partial charge in [0, 0.05) is 24.9 Å². The molecule has 2 aliphatic heterocycles. The largest absolute Gasteiger partial charge is 0.344 e. The lowest BCUT2D eigenvalue weighted by molar-refractivity contribution is -0.176. The number of hydrazine groups is 1. The average molecular weight is 442 g/mol. The summed E-state index contributed by atoms with van der Waals surface area (Å²) in [5, 5.41) is 7.53. The van der Waals surface area contributed by atoms with Gasteiger partial charge in [0.15, 0.2) is 0 Å². The molecule has 4 amide bonds. The summed E-state index contributed by atoms with van der Waals surface area (Å²) >= 11 is 0. The second-order valence-corrected chi connectivity index (χ2v) is 7.95. The van der Waals surface area contributed by atoms with Crippen LogP contribution >= 0.6 is 0 Å². The molecule has 0 aliphatic carbocycles. The van der Waals surface area contributed by atoms with E-state index in [1.807, 2.05) is 0 Å². The fourth-order valence-electron chi connectivity index (χ4n) is 3.96. The first-order chi connectivity index (χ1) is 15.3. The third kappa shape index (κ3) is 5.19. The zero-order chi connectivity index (χ0) is 23.3. The summed E-state index contributed by atoms with van der Waals surface area (Å²) in [6, 6.07) is 5.36. The smallest absolute Gasteiger partial charge is 0.264 e. The SMILES string of the molecule is CC(=O)CC(C=O)NC(=O)C1CCCN2C(=O)CCC(NC(=O)c3ccccc3)C(=O)N12. The van der Waals surface area contributed by atoms with Crippen molar-refractivity contribution < 1.29 is 28.8 Å². The van der Waals surface area contributed by atoms with Crippen LogP contribution < -0.4 is 10.6 Å². The van der Waals surface area contributed by atoms with Crippen LogP contribution in [-0.2, 0) is 24.0 Å². The van der Waals surface area contributed by atoms with Crippen molar-refractivity contribution in [3.63, 3.8) is 0 Å². The van der Waals surface area contributed by atoms with Gasteiger partial charge in [-0.2, -0.15) is 0 Å². The molecule has 2 fully saturated rings. The molecule has 0 radical (unpaired) electrons. The zero-order valence-electron chi connectivity index (χ0n) is 17.8. The molecule has 0 bridgehead atoms. The maximum Gasteiger partial charge on any atom is 0.264 e. The molecule has 170 valence electrons. The molecule has 1 aromatic rings. The fraction of sp³-hybridized carbons (Fsp3) is 0.455. The lowest BCUT2D eigenvalue weighted by Crippen LogP contribution is -2.64. The van der Waals surface area contributed by atoms with Crippen molar-refractivity contribution in [3.05, 3.63) is 35.9 Å². The first-order valence-corrected chi connectivity index (χ1v) is 10.6. The van der Waals surface area contributed by atoms with Crippen LogP contribution in [0.4, 0.5) is 0 Å². The maximum absolute atomic E-state index is 13.4. The van der Waals surface area contributed by atoms with Gasteiger partial charge in [0.2, 0.25) is 11.8 Å². The van der Waals surface area contributed by atoms with Crippen LogP contribution in [0, 0.1) is 0 Å². The Hall–Kier alpha value is -3.56. The Morgan fingerprint density at radius 2 is 1.88 bits per heavy atom. The average Bonchev–Trinajstić information content (AvgIpc) is 2.90. The Morgan fingerprint density at radius 3 is 2.53 bits per heavy atom. The Kier molecular flexibility index (Phi) is 7.34. The highest BCUT2D eigenvalue weighted by Gasteiger charge is 2.44. The van der Waals surface area contributed by atoms with E-state index >= 15 is 0 Å². The molecule has 3 rings (SSSR count). The lowest BCUT2D eigenvalue weighted by Gasteiger charge is -2.43. The fourth-order valence-corrected chi connectivity index (χ4v) is 3.96. The van der Waals surface area contributed by atoms with Crippen molar-refractivity contribution in [3.8, 4) is 0 Å². The Balaban J connectivity index is 1.81. The first kappa shape index (κ1) is 23.1. The van der Waals surface area contributed by atoms with Crippen molar-refractivity contribution in [2.24, 2.45) is 0 Å². The van der Waals surface area contributed by atoms with Crippen LogP contribution in [0.3, 0.4) is 0 Å². The number of carbonyl (C=O) groups is 6. The number of amides is 4. The standard InChI is InChI=1S/C22H26N4O6/c1-14(28)12-16(13-27)23-21(31)18-8-5-11-25-19(29)10-9-17(22(32)26(18)25)24-20(30)15-6-3-2-4-7-15/h2-4,6-7,13,16-18H,5,8-12H2,1H3,(H,23,31)(H,24,30). The van der Waals surface area contributed by atoms with E-state index in [1.54, 1.807) is 30.3 Å². The third-order valence-corrected chi connectivity index (χ3v) is 5.50. The van der Waals surface area contributed by atoms with E-state index < -0.39 is 35.8 Å². The number of carbonyl (C=O) groups excluding carboxylic acids is 6. The molecule has 1 aromatic carbocycles. The summed E-state index contributed by atoms with van der Waals surface area (Å²) in [7, 11) is 0. The van der Waals surface area contributed by atoms with Gasteiger partial charge in [-0.25, -0.2) is 5.01 Å². The summed E-state index contributed by atoms with van der Waals surface area (Å²) in [5.41, 5.74) is 0.374. The van der Waals surface area contributed by atoms with Crippen LogP contribution in [0.25, 0.3) is 0 Å². The van der Waals surface area contributed by atoms with Gasteiger partial charge in [0.05, 0.1) is 6.04 Å². The normalized spacial score (nSPS) is 21.8. The summed E-state index contributed by atoms with van der Waals surface area (Å²) in [6.07, 6.45) is 1.24. The van der Waals surface area contributed by atoms with E-state index in [9.17, 15) is 28.8 Å². The topological polar surface area (TPSA) is 133 Å². The number of ketones is 1. The first-order valence-electron chi connectivity index (χ1n) is 10.6. The van der Waals surface area contributed by atoms with Crippen molar-refractivity contribution in [1.29, 1.82) is 0 Å². The minimum absolute atomic E-state index is 0.0393. The second-order valence-electron chi connectivity index (χ2n) is 7.95. The molecule has 3 atom stereocenters. The summed E-state index contributed by atoms with van der Waals surface area (Å²) in [4.78, 5) is 74.1. The molecule has 2 heterocycles. The lowest BCUT2D eigenvalue weighted by atomic mass is 10.0. The molecule has 3 unspecified atom stereocenters. The molecule has 2 aliphatic rings. The summed E-state index contributed by atoms with van der Waals surface area (Å²) in [5.74, 6) is -2.22. The molecular formula is C22H26N4O6. The second kappa shape index (κ2) is 10.2. The van der Waals surface area contributed by atoms with Gasteiger partial charge in [-0.3, -0.25) is 29.0 Å². The number of benzene rings is 1. The maximum atomic E-state index is 13.4. The highest BCUT2D eigenvalue weighted by atomic mass is 16.2. The molecule has 10 nitrogen and oxygen atoms in total. The molecule has 0 saturated carbocycles. The van der Waals surface area contributed by atoms with Crippen LogP contribution in [0.15, 0.2) is 30.3 Å². The zero-order valence-corrected chi connectivity index (χ0v) is 17.8. The Labute approximate surface area is 185 Å². The number of hydrogen-bond acceptors (Lipinski definition) is 6. The Morgan fingerprint density at radius 1 is 1.16 bits per heavy atom. The molecule has 0 spiro atoms. The predicted octanol–water partition coefficient (Wildman–Crippen LogP) is -0.0238. The summed E-state index contributed by atoms with van der Waals surface area (Å²) in [6.45, 7) is 1.58. The molecule has 0 aromatic heterocycles. The molecule has 10 heteroatoms. The van der Waals surface area contributed by atoms with Crippen molar-refractivity contribution >= 4 is 35.7 Å². The highest BCUT2D eigenvalue weighted by molar-refractivity contribution is 6.00. The number of nitrogens with zero attached hydrogens (tertiary/aromatic N) is 2. The van der Waals surface area contributed by atoms with Gasteiger partial charge in [-0.1, -0.05) is 18.2 Å². The molecule has 32 heavy (non-hydrogen) atoms. The number of rotatable bonds is 7. The molecule has 2 N–H and O–H groups in total. The van der Waals surface area contributed by atoms with Gasteiger partial charge < -0.3 is 15.4 Å². The van der Waals surface area contributed by atoms with E-state index in [4.69, 9.17) is 0 Å². The minimum atomic E-state index is -1.02. The van der Waals surface area contributed by atoms with Crippen molar-refractivity contribution in [2.75, 3.05) is 6.54 Å². The predicted molar refractivity (Wildman–Crippen MR) is 112 cm³/mol. The number of hydrogen-bond donors (Lipinski definition) is 2. The van der Waals surface area contributed by atoms with Gasteiger partial charge in [-0.15, -0.1) is 0 Å². The summed E-state index contributed by atoms with van der Waals surface area (Å²) < 4.78 is 0. The highest BCUT2D eigenvalue weighted by Crippen LogP contribution is 2.25. The number of aldehydes is 1. The number of nitrogens with one attached hydrogen (secondary N) is 2. The number of Topliss-reactive ketones (excluding diaryl/α,β-unsaturated/α-hetero) is 1. The minimum Gasteiger partial charge on any atom is -0.344 e. The third-order valence-electron chi connectivity index (χ3n) is 5.50. The van der Waals surface area contributed by atoms with Crippen LogP contribution in [0.5, 0.6) is 0 Å². The van der Waals surface area contributed by atoms with Crippen LogP contribution in [0.2, 0.25) is 0 Å². The van der Waals surface area contributed by atoms with Crippen LogP contribution in [0.1, 0.15) is 49.4 Å².